The highest BCUT2D eigenvalue weighted by Gasteiger charge is 2.27. The summed E-state index contributed by atoms with van der Waals surface area (Å²) in [5.41, 5.74) is 9.61. The fraction of sp³-hybridized carbons (Fsp3) is 0.356. The fourth-order valence-corrected chi connectivity index (χ4v) is 6.94. The van der Waals surface area contributed by atoms with E-state index in [1.165, 1.54) is 25.6 Å². The van der Waals surface area contributed by atoms with E-state index in [4.69, 9.17) is 19.9 Å². The van der Waals surface area contributed by atoms with Gasteiger partial charge in [0.05, 0.1) is 66.2 Å². The van der Waals surface area contributed by atoms with Gasteiger partial charge in [0.2, 0.25) is 0 Å². The van der Waals surface area contributed by atoms with E-state index in [2.05, 4.69) is 40.6 Å². The Morgan fingerprint density at radius 3 is 1.49 bits per heavy atom. The molecule has 65 heavy (non-hydrogen) atoms. The maximum Gasteiger partial charge on any atom is 0.330 e. The van der Waals surface area contributed by atoms with Crippen molar-refractivity contribution in [2.45, 2.75) is 65.5 Å². The molecule has 7 N–H and O–H groups in total. The first-order valence-corrected chi connectivity index (χ1v) is 21.3. The van der Waals surface area contributed by atoms with Crippen LogP contribution in [-0.4, -0.2) is 112 Å². The number of nitrogens with zero attached hydrogens (tertiary/aromatic N) is 4. The minimum atomic E-state index is -1.10. The Balaban J connectivity index is 0.000000292. The SMILES string of the molecule is COC(=O)[C@H](CN)NC(=O)c1c(C)nc(OCCCc2cccc(O)c2)nc1C.COC(=O)[C@H](CNC(=O)c1cccs1)NC(=O)c1c(C)nc(OCCCc2cccc(O)c2)nc1C. The number of amides is 3. The first kappa shape index (κ1) is 50.5. The molecule has 3 aromatic heterocycles. The number of aromatic hydroxyl groups is 2. The van der Waals surface area contributed by atoms with Gasteiger partial charge in [-0.2, -0.15) is 19.9 Å². The van der Waals surface area contributed by atoms with E-state index in [1.54, 1.807) is 81.6 Å². The third-order valence-electron chi connectivity index (χ3n) is 9.49. The van der Waals surface area contributed by atoms with Crippen LogP contribution in [-0.2, 0) is 31.9 Å². The number of aryl methyl sites for hydroxylation is 6. The average Bonchev–Trinajstić information content (AvgIpc) is 3.82. The van der Waals surface area contributed by atoms with Gasteiger partial charge in [0.25, 0.3) is 17.7 Å². The van der Waals surface area contributed by atoms with Crippen LogP contribution in [0.5, 0.6) is 23.5 Å². The van der Waals surface area contributed by atoms with Gasteiger partial charge in [-0.25, -0.2) is 9.59 Å². The molecule has 2 aromatic carbocycles. The van der Waals surface area contributed by atoms with Gasteiger partial charge < -0.3 is 50.8 Å². The molecule has 5 aromatic rings. The lowest BCUT2D eigenvalue weighted by atomic mass is 10.1. The van der Waals surface area contributed by atoms with Gasteiger partial charge >= 0.3 is 24.0 Å². The molecule has 0 radical (unpaired) electrons. The van der Waals surface area contributed by atoms with Gasteiger partial charge in [-0.15, -0.1) is 11.3 Å². The quantitative estimate of drug-likeness (QED) is 0.0481. The summed E-state index contributed by atoms with van der Waals surface area (Å²) in [6, 6.07) is 15.8. The number of phenols is 2. The summed E-state index contributed by atoms with van der Waals surface area (Å²) in [6.07, 6.45) is 2.85. The van der Waals surface area contributed by atoms with Gasteiger partial charge in [0, 0.05) is 13.1 Å². The van der Waals surface area contributed by atoms with E-state index in [1.807, 2.05) is 12.1 Å². The minimum Gasteiger partial charge on any atom is -0.508 e. The second kappa shape index (κ2) is 25.2. The monoisotopic (exact) mass is 914 g/mol. The van der Waals surface area contributed by atoms with E-state index in [0.717, 1.165) is 17.5 Å². The molecule has 0 saturated heterocycles. The highest BCUT2D eigenvalue weighted by Crippen LogP contribution is 2.18. The summed E-state index contributed by atoms with van der Waals surface area (Å²) in [4.78, 5) is 79.0. The number of carbonyl (C=O) groups excluding carboxylic acids is 5. The Morgan fingerprint density at radius 2 is 1.09 bits per heavy atom. The van der Waals surface area contributed by atoms with Gasteiger partial charge in [-0.1, -0.05) is 30.3 Å². The van der Waals surface area contributed by atoms with Gasteiger partial charge in [0.15, 0.2) is 0 Å². The topological polar surface area (TPSA) is 276 Å². The van der Waals surface area contributed by atoms with Crippen LogP contribution in [0.1, 0.15) is 77.1 Å². The average molecular weight is 915 g/mol. The second-order valence-corrected chi connectivity index (χ2v) is 15.3. The highest BCUT2D eigenvalue weighted by atomic mass is 32.1. The molecule has 2 atom stereocenters. The molecule has 0 saturated carbocycles. The molecule has 3 amide bonds. The molecule has 0 unspecified atom stereocenters. The zero-order valence-corrected chi connectivity index (χ0v) is 37.8. The number of nitrogens with one attached hydrogen (secondary N) is 3. The molecule has 0 aliphatic rings. The molecular formula is C45H54N8O11S. The Labute approximate surface area is 380 Å². The van der Waals surface area contributed by atoms with Crippen molar-refractivity contribution in [2.75, 3.05) is 40.5 Å². The number of hydrogen-bond acceptors (Lipinski definition) is 17. The first-order chi connectivity index (χ1) is 31.1. The fourth-order valence-electron chi connectivity index (χ4n) is 6.30. The molecule has 0 spiro atoms. The molecule has 5 rings (SSSR count). The number of methoxy groups -OCH3 is 2. The third kappa shape index (κ3) is 15.5. The van der Waals surface area contributed by atoms with Gasteiger partial charge in [-0.3, -0.25) is 14.4 Å². The zero-order chi connectivity index (χ0) is 47.5. The molecule has 346 valence electrons. The number of ether oxygens (including phenoxy) is 4. The molecule has 0 fully saturated rings. The number of benzene rings is 2. The molecule has 0 bridgehead atoms. The van der Waals surface area contributed by atoms with Crippen molar-refractivity contribution < 1.29 is 53.1 Å². The summed E-state index contributed by atoms with van der Waals surface area (Å²) in [6.45, 7) is 7.14. The van der Waals surface area contributed by atoms with Gasteiger partial charge in [0.1, 0.15) is 23.6 Å². The number of carbonyl (C=O) groups is 5. The zero-order valence-electron chi connectivity index (χ0n) is 37.0. The van der Waals surface area contributed by atoms with Gasteiger partial charge in [-0.05, 0) is 100 Å². The Kier molecular flexibility index (Phi) is 19.6. The Hall–Kier alpha value is -7.19. The van der Waals surface area contributed by atoms with E-state index in [-0.39, 0.29) is 53.6 Å². The predicted octanol–water partition coefficient (Wildman–Crippen LogP) is 3.61. The van der Waals surface area contributed by atoms with E-state index in [0.29, 0.717) is 60.1 Å². The lowest BCUT2D eigenvalue weighted by Gasteiger charge is -2.18. The number of esters is 2. The molecule has 0 aliphatic carbocycles. The summed E-state index contributed by atoms with van der Waals surface area (Å²) >= 11 is 1.27. The van der Waals surface area contributed by atoms with Crippen LogP contribution in [0.25, 0.3) is 0 Å². The van der Waals surface area contributed by atoms with Crippen molar-refractivity contribution in [3.05, 3.63) is 116 Å². The predicted molar refractivity (Wildman–Crippen MR) is 239 cm³/mol. The number of thiophene rings is 1. The van der Waals surface area contributed by atoms with Crippen molar-refractivity contribution in [3.63, 3.8) is 0 Å². The molecule has 19 nitrogen and oxygen atoms in total. The van der Waals surface area contributed by atoms with Crippen LogP contribution in [0.3, 0.4) is 0 Å². The lowest BCUT2D eigenvalue weighted by Crippen LogP contribution is -2.49. The molecule has 20 heteroatoms. The van der Waals surface area contributed by atoms with Crippen LogP contribution in [0, 0.1) is 27.7 Å². The number of aromatic nitrogens is 4. The summed E-state index contributed by atoms with van der Waals surface area (Å²) in [7, 11) is 2.43. The summed E-state index contributed by atoms with van der Waals surface area (Å²) in [5.74, 6) is -2.29. The van der Waals surface area contributed by atoms with E-state index >= 15 is 0 Å². The Morgan fingerprint density at radius 1 is 0.646 bits per heavy atom. The van der Waals surface area contributed by atoms with Crippen molar-refractivity contribution in [1.29, 1.82) is 0 Å². The number of hydrogen-bond donors (Lipinski definition) is 6. The maximum atomic E-state index is 13.0. The molecule has 0 aliphatic heterocycles. The van der Waals surface area contributed by atoms with E-state index < -0.39 is 35.8 Å². The van der Waals surface area contributed by atoms with E-state index in [9.17, 15) is 34.2 Å². The van der Waals surface area contributed by atoms with Crippen LogP contribution in [0.2, 0.25) is 0 Å². The first-order valence-electron chi connectivity index (χ1n) is 20.4. The van der Waals surface area contributed by atoms with Crippen molar-refractivity contribution in [1.82, 2.24) is 35.9 Å². The largest absolute Gasteiger partial charge is 0.508 e. The molecule has 3 heterocycles. The minimum absolute atomic E-state index is 0.0856. The van der Waals surface area contributed by atoms with Crippen LogP contribution in [0.15, 0.2) is 66.0 Å². The summed E-state index contributed by atoms with van der Waals surface area (Å²) < 4.78 is 20.6. The maximum absolute atomic E-state index is 13.0. The third-order valence-corrected chi connectivity index (χ3v) is 10.4. The van der Waals surface area contributed by atoms with Crippen LogP contribution < -0.4 is 31.2 Å². The molecular weight excluding hydrogens is 861 g/mol. The van der Waals surface area contributed by atoms with Crippen molar-refractivity contribution in [2.24, 2.45) is 5.73 Å². The van der Waals surface area contributed by atoms with Crippen LogP contribution >= 0.6 is 11.3 Å². The number of phenolic OH excluding ortho intramolecular Hbond substituents is 2. The second-order valence-electron chi connectivity index (χ2n) is 14.4. The number of nitrogens with two attached hydrogens (primary N) is 1. The standard InChI is InChI=1S/C25H28N4O6S.C20H26N4O5/c1-15-21(16(2)28-25(27-15)35-11-5-8-17-7-4-9-18(30)13-17)23(32)29-19(24(33)34-3)14-26-22(31)20-10-6-12-36-20;1-12-17(18(26)24-16(11-21)19(27)28-3)13(2)23-20(22-12)29-9-5-7-14-6-4-8-15(25)10-14/h4,6-7,9-10,12-13,19,30H,5,8,11,14H2,1-3H3,(H,26,31)(H,29,32);4,6,8,10,16,25H,5,7,9,11,21H2,1-3H3,(H,24,26)/t19-;16-/m00/s1. The lowest BCUT2D eigenvalue weighted by molar-refractivity contribution is -0.143. The smallest absolute Gasteiger partial charge is 0.330 e. The van der Waals surface area contributed by atoms with Crippen LogP contribution in [0.4, 0.5) is 0 Å². The highest BCUT2D eigenvalue weighted by molar-refractivity contribution is 7.12. The Bertz CT molecular complexity index is 2370. The van der Waals surface area contributed by atoms with Crippen molar-refractivity contribution in [3.8, 4) is 23.5 Å². The van der Waals surface area contributed by atoms with Crippen molar-refractivity contribution >= 4 is 41.0 Å². The summed E-state index contributed by atoms with van der Waals surface area (Å²) in [5, 5.41) is 28.5. The normalized spacial score (nSPS) is 11.5. The number of rotatable bonds is 20.